The molecule has 1 aromatic heterocycles. The number of rotatable bonds is 11. The minimum absolute atomic E-state index is 0.163. The predicted molar refractivity (Wildman–Crippen MR) is 127 cm³/mol. The summed E-state index contributed by atoms with van der Waals surface area (Å²) in [6.45, 7) is 2.79. The molecule has 3 rings (SSSR count). The molecular formula is C25H27ClF3N3O3. The van der Waals surface area contributed by atoms with Crippen LogP contribution in [0.2, 0.25) is 5.15 Å². The fourth-order valence-electron chi connectivity index (χ4n) is 3.55. The highest BCUT2D eigenvalue weighted by Crippen LogP contribution is 2.32. The van der Waals surface area contributed by atoms with Gasteiger partial charge in [0, 0.05) is 17.2 Å². The maximum atomic E-state index is 12.9. The molecule has 0 bridgehead atoms. The molecule has 0 amide bonds. The summed E-state index contributed by atoms with van der Waals surface area (Å²) < 4.78 is 51.3. The van der Waals surface area contributed by atoms with E-state index in [2.05, 4.69) is 4.98 Å². The summed E-state index contributed by atoms with van der Waals surface area (Å²) >= 11 is 6.35. The van der Waals surface area contributed by atoms with Crippen molar-refractivity contribution in [2.45, 2.75) is 44.9 Å². The van der Waals surface area contributed by atoms with Crippen LogP contribution in [0.3, 0.4) is 0 Å². The Hall–Kier alpha value is -3.04. The lowest BCUT2D eigenvalue weighted by molar-refractivity contribution is -0.143. The highest BCUT2D eigenvalue weighted by atomic mass is 35.5. The molecule has 10 heteroatoms. The zero-order valence-electron chi connectivity index (χ0n) is 19.2. The Bertz CT molecular complexity index is 1120. The highest BCUT2D eigenvalue weighted by Gasteiger charge is 2.30. The molecule has 0 spiro atoms. The molecule has 2 N–H and O–H groups in total. The summed E-state index contributed by atoms with van der Waals surface area (Å²) in [5.41, 5.74) is 6.59. The van der Waals surface area contributed by atoms with Crippen molar-refractivity contribution in [1.82, 2.24) is 9.55 Å². The summed E-state index contributed by atoms with van der Waals surface area (Å²) in [4.78, 5) is 15.8. The van der Waals surface area contributed by atoms with E-state index in [-0.39, 0.29) is 18.4 Å². The van der Waals surface area contributed by atoms with Crippen LogP contribution in [0.1, 0.15) is 37.3 Å². The van der Waals surface area contributed by atoms with Crippen molar-refractivity contribution in [3.05, 3.63) is 71.0 Å². The number of esters is 1. The molecule has 3 aromatic rings. The van der Waals surface area contributed by atoms with Gasteiger partial charge < -0.3 is 19.8 Å². The van der Waals surface area contributed by atoms with Gasteiger partial charge in [-0.2, -0.15) is 13.2 Å². The molecule has 2 aromatic carbocycles. The smallest absolute Gasteiger partial charge is 0.416 e. The average molecular weight is 510 g/mol. The first-order valence-corrected chi connectivity index (χ1v) is 11.6. The SMILES string of the molecule is CCOC(=O)C[C@H](N)CCCOc1ccccc1Cn1c(Cl)cnc1-c1ccc(C(F)(F)F)cc1. The fourth-order valence-corrected chi connectivity index (χ4v) is 3.74. The topological polar surface area (TPSA) is 79.4 Å². The van der Waals surface area contributed by atoms with Crippen LogP contribution in [0.4, 0.5) is 13.2 Å². The van der Waals surface area contributed by atoms with E-state index in [1.807, 2.05) is 24.3 Å². The van der Waals surface area contributed by atoms with Gasteiger partial charge in [-0.15, -0.1) is 0 Å². The molecule has 188 valence electrons. The van der Waals surface area contributed by atoms with Gasteiger partial charge in [0.25, 0.3) is 0 Å². The highest BCUT2D eigenvalue weighted by molar-refractivity contribution is 6.29. The first-order valence-electron chi connectivity index (χ1n) is 11.2. The minimum Gasteiger partial charge on any atom is -0.493 e. The van der Waals surface area contributed by atoms with E-state index in [0.29, 0.717) is 54.9 Å². The number of para-hydroxylation sites is 1. The van der Waals surface area contributed by atoms with Gasteiger partial charge in [-0.25, -0.2) is 4.98 Å². The van der Waals surface area contributed by atoms with E-state index in [9.17, 15) is 18.0 Å². The number of aromatic nitrogens is 2. The van der Waals surface area contributed by atoms with Crippen molar-refractivity contribution < 1.29 is 27.4 Å². The number of halogens is 4. The molecule has 0 aliphatic heterocycles. The number of hydrogen-bond donors (Lipinski definition) is 1. The lowest BCUT2D eigenvalue weighted by Gasteiger charge is -2.15. The van der Waals surface area contributed by atoms with Crippen molar-refractivity contribution in [3.63, 3.8) is 0 Å². The second kappa shape index (κ2) is 12.1. The third kappa shape index (κ3) is 7.47. The normalized spacial score (nSPS) is 12.4. The van der Waals surface area contributed by atoms with Crippen LogP contribution in [0.25, 0.3) is 11.4 Å². The van der Waals surface area contributed by atoms with Crippen molar-refractivity contribution in [2.75, 3.05) is 13.2 Å². The zero-order chi connectivity index (χ0) is 25.4. The number of hydrogen-bond acceptors (Lipinski definition) is 5. The van der Waals surface area contributed by atoms with Crippen molar-refractivity contribution in [3.8, 4) is 17.1 Å². The van der Waals surface area contributed by atoms with E-state index >= 15 is 0 Å². The van der Waals surface area contributed by atoms with Gasteiger partial charge in [0.2, 0.25) is 0 Å². The van der Waals surface area contributed by atoms with Crippen molar-refractivity contribution >= 4 is 17.6 Å². The quantitative estimate of drug-likeness (QED) is 0.264. The molecule has 0 saturated heterocycles. The Morgan fingerprint density at radius 2 is 1.89 bits per heavy atom. The maximum absolute atomic E-state index is 12.9. The third-order valence-electron chi connectivity index (χ3n) is 5.29. The molecule has 1 heterocycles. The van der Waals surface area contributed by atoms with Crippen LogP contribution in [0, 0.1) is 0 Å². The number of imidazole rings is 1. The fraction of sp³-hybridized carbons (Fsp3) is 0.360. The van der Waals surface area contributed by atoms with Gasteiger partial charge in [-0.1, -0.05) is 41.9 Å². The number of ether oxygens (including phenoxy) is 2. The molecule has 0 aliphatic rings. The van der Waals surface area contributed by atoms with Crippen LogP contribution in [-0.2, 0) is 22.3 Å². The van der Waals surface area contributed by atoms with E-state index in [0.717, 1.165) is 17.7 Å². The molecule has 35 heavy (non-hydrogen) atoms. The minimum atomic E-state index is -4.41. The molecule has 0 fully saturated rings. The molecule has 0 saturated carbocycles. The largest absolute Gasteiger partial charge is 0.493 e. The standard InChI is InChI=1S/C25H27ClF3N3O3/c1-2-34-23(33)14-20(30)7-5-13-35-21-8-4-3-6-18(21)16-32-22(26)15-31-24(32)17-9-11-19(12-10-17)25(27,28)29/h3-4,6,8-12,15,20H,2,5,7,13-14,16,30H2,1H3/t20-/m1/s1. The Labute approximate surface area is 206 Å². The molecular weight excluding hydrogens is 483 g/mol. The van der Waals surface area contributed by atoms with Crippen molar-refractivity contribution in [2.24, 2.45) is 5.73 Å². The van der Waals surface area contributed by atoms with Crippen LogP contribution < -0.4 is 10.5 Å². The Kier molecular flexibility index (Phi) is 9.17. The lowest BCUT2D eigenvalue weighted by Crippen LogP contribution is -2.25. The lowest BCUT2D eigenvalue weighted by atomic mass is 10.1. The van der Waals surface area contributed by atoms with Gasteiger partial charge >= 0.3 is 12.1 Å². The zero-order valence-corrected chi connectivity index (χ0v) is 20.0. The maximum Gasteiger partial charge on any atom is 0.416 e. The first-order chi connectivity index (χ1) is 16.7. The van der Waals surface area contributed by atoms with Crippen LogP contribution in [0.15, 0.2) is 54.7 Å². The number of carbonyl (C=O) groups excluding carboxylic acids is 1. The van der Waals surface area contributed by atoms with E-state index in [4.69, 9.17) is 26.8 Å². The predicted octanol–water partition coefficient (Wildman–Crippen LogP) is 5.71. The molecule has 0 unspecified atom stereocenters. The number of carbonyl (C=O) groups is 1. The van der Waals surface area contributed by atoms with Gasteiger partial charge in [0.05, 0.1) is 37.9 Å². The van der Waals surface area contributed by atoms with E-state index in [1.165, 1.54) is 18.3 Å². The summed E-state index contributed by atoms with van der Waals surface area (Å²) in [7, 11) is 0. The Balaban J connectivity index is 1.66. The second-order valence-corrected chi connectivity index (χ2v) is 8.32. The summed E-state index contributed by atoms with van der Waals surface area (Å²) in [6.07, 6.45) is -1.53. The number of nitrogens with two attached hydrogens (primary N) is 1. The molecule has 0 radical (unpaired) electrons. The van der Waals surface area contributed by atoms with Gasteiger partial charge in [-0.3, -0.25) is 4.79 Å². The second-order valence-electron chi connectivity index (χ2n) is 7.93. The van der Waals surface area contributed by atoms with Crippen LogP contribution in [0.5, 0.6) is 5.75 Å². The van der Waals surface area contributed by atoms with Gasteiger partial charge in [0.15, 0.2) is 0 Å². The number of alkyl halides is 3. The first kappa shape index (κ1) is 26.6. The van der Waals surface area contributed by atoms with Gasteiger partial charge in [0.1, 0.15) is 16.7 Å². The molecule has 1 atom stereocenters. The Morgan fingerprint density at radius 3 is 2.57 bits per heavy atom. The summed E-state index contributed by atoms with van der Waals surface area (Å²) in [5.74, 6) is 0.783. The summed E-state index contributed by atoms with van der Waals surface area (Å²) in [6, 6.07) is 11.9. The number of benzene rings is 2. The van der Waals surface area contributed by atoms with Crippen LogP contribution >= 0.6 is 11.6 Å². The van der Waals surface area contributed by atoms with Gasteiger partial charge in [-0.05, 0) is 38.0 Å². The summed E-state index contributed by atoms with van der Waals surface area (Å²) in [5, 5.41) is 0.347. The monoisotopic (exact) mass is 509 g/mol. The third-order valence-corrected chi connectivity index (χ3v) is 5.59. The number of nitrogens with zero attached hydrogens (tertiary/aromatic N) is 2. The van der Waals surface area contributed by atoms with E-state index in [1.54, 1.807) is 11.5 Å². The average Bonchev–Trinajstić information content (AvgIpc) is 3.17. The molecule has 0 aliphatic carbocycles. The van der Waals surface area contributed by atoms with Crippen molar-refractivity contribution in [1.29, 1.82) is 0 Å². The van der Waals surface area contributed by atoms with Crippen LogP contribution in [-0.4, -0.2) is 34.8 Å². The van der Waals surface area contributed by atoms with E-state index < -0.39 is 11.7 Å². The molecule has 6 nitrogen and oxygen atoms in total. The Morgan fingerprint density at radius 1 is 1.17 bits per heavy atom.